The van der Waals surface area contributed by atoms with Crippen LogP contribution in [-0.4, -0.2) is 63.9 Å². The summed E-state index contributed by atoms with van der Waals surface area (Å²) in [6, 6.07) is 7.10. The number of piperidine rings is 1. The first-order chi connectivity index (χ1) is 14.4. The van der Waals surface area contributed by atoms with Crippen molar-refractivity contribution in [3.63, 3.8) is 0 Å². The average molecular weight is 431 g/mol. The Morgan fingerprint density at radius 2 is 2.03 bits per heavy atom. The van der Waals surface area contributed by atoms with Crippen molar-refractivity contribution in [3.05, 3.63) is 29.8 Å². The molecule has 30 heavy (non-hydrogen) atoms. The minimum absolute atomic E-state index is 0.0651. The van der Waals surface area contributed by atoms with E-state index in [2.05, 4.69) is 17.6 Å². The van der Waals surface area contributed by atoms with Gasteiger partial charge in [0.15, 0.2) is 0 Å². The number of nitrogens with one attached hydrogen (secondary N) is 2. The zero-order valence-electron chi connectivity index (χ0n) is 17.6. The molecule has 4 rings (SSSR count). The third kappa shape index (κ3) is 4.29. The number of carbonyl (C=O) groups is 3. The number of carbonyl (C=O) groups excluding carboxylic acids is 3. The molecule has 3 fully saturated rings. The highest BCUT2D eigenvalue weighted by Crippen LogP contribution is 2.47. The van der Waals surface area contributed by atoms with Gasteiger partial charge in [-0.3, -0.25) is 9.59 Å². The quantitative estimate of drug-likeness (QED) is 0.770. The Balaban J connectivity index is 1.29. The zero-order chi connectivity index (χ0) is 21.3. The van der Waals surface area contributed by atoms with Gasteiger partial charge in [-0.25, -0.2) is 4.79 Å². The van der Waals surface area contributed by atoms with Crippen LogP contribution >= 0.6 is 11.8 Å². The standard InChI is InChI=1S/C22H30N4O3S/c1-15-5-7-17(8-6-15)24-21(29)23-12-16-4-3-11-25(13-16)20(28)18-14-30-22(2)10-9-19(27)26(18)22/h5-8,16,18H,3-4,9-14H2,1-2H3,(H2,23,24,29). The van der Waals surface area contributed by atoms with E-state index in [4.69, 9.17) is 0 Å². The van der Waals surface area contributed by atoms with Crippen molar-refractivity contribution in [2.24, 2.45) is 5.92 Å². The summed E-state index contributed by atoms with van der Waals surface area (Å²) in [6.45, 7) is 5.96. The van der Waals surface area contributed by atoms with Gasteiger partial charge >= 0.3 is 6.03 Å². The molecule has 162 valence electrons. The van der Waals surface area contributed by atoms with Gasteiger partial charge in [0.2, 0.25) is 11.8 Å². The molecule has 1 aromatic rings. The molecule has 8 heteroatoms. The Kier molecular flexibility index (Phi) is 5.95. The molecule has 3 heterocycles. The smallest absolute Gasteiger partial charge is 0.319 e. The number of hydrogen-bond donors (Lipinski definition) is 2. The molecule has 7 nitrogen and oxygen atoms in total. The number of nitrogens with zero attached hydrogens (tertiary/aromatic N) is 2. The Morgan fingerprint density at radius 1 is 1.27 bits per heavy atom. The van der Waals surface area contributed by atoms with Crippen molar-refractivity contribution in [1.29, 1.82) is 0 Å². The normalized spacial score (nSPS) is 28.4. The molecule has 3 aliphatic rings. The number of aryl methyl sites for hydroxylation is 1. The van der Waals surface area contributed by atoms with E-state index in [-0.39, 0.29) is 34.7 Å². The van der Waals surface area contributed by atoms with E-state index >= 15 is 0 Å². The van der Waals surface area contributed by atoms with E-state index in [1.54, 1.807) is 11.8 Å². The second-order valence-corrected chi connectivity index (χ2v) is 10.3. The van der Waals surface area contributed by atoms with Crippen molar-refractivity contribution in [1.82, 2.24) is 15.1 Å². The Morgan fingerprint density at radius 3 is 2.80 bits per heavy atom. The molecule has 0 bridgehead atoms. The van der Waals surface area contributed by atoms with Gasteiger partial charge in [0.05, 0.1) is 4.87 Å². The fourth-order valence-corrected chi connectivity index (χ4v) is 6.12. The number of urea groups is 1. The predicted molar refractivity (Wildman–Crippen MR) is 118 cm³/mol. The number of thioether (sulfide) groups is 1. The van der Waals surface area contributed by atoms with Gasteiger partial charge in [0.1, 0.15) is 6.04 Å². The molecule has 3 atom stereocenters. The third-order valence-electron chi connectivity index (χ3n) is 6.42. The lowest BCUT2D eigenvalue weighted by Gasteiger charge is -2.37. The summed E-state index contributed by atoms with van der Waals surface area (Å²) in [6.07, 6.45) is 3.26. The summed E-state index contributed by atoms with van der Waals surface area (Å²) >= 11 is 1.73. The summed E-state index contributed by atoms with van der Waals surface area (Å²) in [5.74, 6) is 1.07. The number of likely N-dealkylation sites (tertiary alicyclic amines) is 1. The lowest BCUT2D eigenvalue weighted by Crippen LogP contribution is -2.54. The first-order valence-corrected chi connectivity index (χ1v) is 11.7. The fourth-order valence-electron chi connectivity index (χ4n) is 4.70. The molecule has 0 radical (unpaired) electrons. The fraction of sp³-hybridized carbons (Fsp3) is 0.591. The molecule has 0 saturated carbocycles. The first kappa shape index (κ1) is 21.0. The van der Waals surface area contributed by atoms with Crippen molar-refractivity contribution < 1.29 is 14.4 Å². The maximum Gasteiger partial charge on any atom is 0.319 e. The molecule has 2 N–H and O–H groups in total. The van der Waals surface area contributed by atoms with Crippen LogP contribution in [0.2, 0.25) is 0 Å². The van der Waals surface area contributed by atoms with Crippen LogP contribution in [-0.2, 0) is 9.59 Å². The number of hydrogen-bond acceptors (Lipinski definition) is 4. The SMILES string of the molecule is Cc1ccc(NC(=O)NCC2CCCN(C(=O)C3CSC4(C)CCC(=O)N34)C2)cc1. The van der Waals surface area contributed by atoms with Gasteiger partial charge in [-0.2, -0.15) is 0 Å². The van der Waals surface area contributed by atoms with Crippen LogP contribution in [0.3, 0.4) is 0 Å². The van der Waals surface area contributed by atoms with E-state index in [9.17, 15) is 14.4 Å². The first-order valence-electron chi connectivity index (χ1n) is 10.7. The average Bonchev–Trinajstić information content (AvgIpc) is 3.23. The molecule has 0 aliphatic carbocycles. The number of amides is 4. The molecule has 3 saturated heterocycles. The van der Waals surface area contributed by atoms with Gasteiger partial charge in [0.25, 0.3) is 0 Å². The van der Waals surface area contributed by atoms with Crippen molar-refractivity contribution in [3.8, 4) is 0 Å². The second-order valence-electron chi connectivity index (χ2n) is 8.76. The van der Waals surface area contributed by atoms with Crippen LogP contribution in [0.5, 0.6) is 0 Å². The largest absolute Gasteiger partial charge is 0.341 e. The summed E-state index contributed by atoms with van der Waals surface area (Å²) < 4.78 is 0. The van der Waals surface area contributed by atoms with Gasteiger partial charge in [-0.15, -0.1) is 11.8 Å². The minimum Gasteiger partial charge on any atom is -0.341 e. The highest BCUT2D eigenvalue weighted by molar-refractivity contribution is 8.01. The summed E-state index contributed by atoms with van der Waals surface area (Å²) in [5.41, 5.74) is 1.90. The molecular formula is C22H30N4O3S. The lowest BCUT2D eigenvalue weighted by atomic mass is 9.97. The van der Waals surface area contributed by atoms with Crippen LogP contribution in [0.1, 0.15) is 38.2 Å². The number of fused-ring (bicyclic) bond motifs is 1. The number of anilines is 1. The summed E-state index contributed by atoms with van der Waals surface area (Å²) in [5, 5.41) is 5.78. The van der Waals surface area contributed by atoms with Crippen LogP contribution in [0, 0.1) is 12.8 Å². The molecule has 3 aliphatic heterocycles. The molecular weight excluding hydrogens is 400 g/mol. The maximum absolute atomic E-state index is 13.2. The summed E-state index contributed by atoms with van der Waals surface area (Å²) in [7, 11) is 0. The lowest BCUT2D eigenvalue weighted by molar-refractivity contribution is -0.144. The molecule has 0 spiro atoms. The van der Waals surface area contributed by atoms with E-state index in [1.807, 2.05) is 41.0 Å². The van der Waals surface area contributed by atoms with Gasteiger partial charge < -0.3 is 20.4 Å². The third-order valence-corrected chi connectivity index (χ3v) is 7.93. The van der Waals surface area contributed by atoms with Crippen molar-refractivity contribution >= 4 is 35.3 Å². The zero-order valence-corrected chi connectivity index (χ0v) is 18.5. The van der Waals surface area contributed by atoms with Crippen LogP contribution in [0.15, 0.2) is 24.3 Å². The highest BCUT2D eigenvalue weighted by Gasteiger charge is 2.53. The van der Waals surface area contributed by atoms with Crippen molar-refractivity contribution in [2.45, 2.75) is 50.4 Å². The highest BCUT2D eigenvalue weighted by atomic mass is 32.2. The number of benzene rings is 1. The maximum atomic E-state index is 13.2. The van der Waals surface area contributed by atoms with Crippen LogP contribution < -0.4 is 10.6 Å². The summed E-state index contributed by atoms with van der Waals surface area (Å²) in [4.78, 5) is 41.3. The Hall–Kier alpha value is -2.22. The van der Waals surface area contributed by atoms with E-state index in [0.29, 0.717) is 25.3 Å². The minimum atomic E-state index is -0.341. The molecule has 1 aromatic carbocycles. The Bertz CT molecular complexity index is 830. The second kappa shape index (κ2) is 8.49. The Labute approximate surface area is 181 Å². The van der Waals surface area contributed by atoms with E-state index in [0.717, 1.165) is 37.1 Å². The topological polar surface area (TPSA) is 81.8 Å². The van der Waals surface area contributed by atoms with E-state index < -0.39 is 0 Å². The van der Waals surface area contributed by atoms with Gasteiger partial charge in [-0.05, 0) is 51.2 Å². The van der Waals surface area contributed by atoms with E-state index in [1.165, 1.54) is 0 Å². The molecule has 0 aromatic heterocycles. The predicted octanol–water partition coefficient (Wildman–Crippen LogP) is 2.81. The van der Waals surface area contributed by atoms with Crippen molar-refractivity contribution in [2.75, 3.05) is 30.7 Å². The monoisotopic (exact) mass is 430 g/mol. The molecule has 4 amide bonds. The van der Waals surface area contributed by atoms with Crippen LogP contribution in [0.25, 0.3) is 0 Å². The number of rotatable bonds is 4. The van der Waals surface area contributed by atoms with Gasteiger partial charge in [-0.1, -0.05) is 17.7 Å². The van der Waals surface area contributed by atoms with Gasteiger partial charge in [0, 0.05) is 37.5 Å². The molecule has 3 unspecified atom stereocenters. The van der Waals surface area contributed by atoms with Crippen LogP contribution in [0.4, 0.5) is 10.5 Å².